The number of benzene rings is 3. The van der Waals surface area contributed by atoms with E-state index in [1.54, 1.807) is 28.8 Å². The van der Waals surface area contributed by atoms with Gasteiger partial charge < -0.3 is 0 Å². The molecule has 29 heavy (non-hydrogen) atoms. The van der Waals surface area contributed by atoms with Gasteiger partial charge in [-0.3, -0.25) is 10.5 Å². The molecule has 0 bridgehead atoms. The molecule has 0 amide bonds. The molecule has 4 nitrogen and oxygen atoms in total. The molecule has 0 spiro atoms. The van der Waals surface area contributed by atoms with Gasteiger partial charge in [0, 0.05) is 16.1 Å². The number of hydrogen-bond donors (Lipinski definition) is 1. The molecule has 0 aliphatic heterocycles. The smallest absolute Gasteiger partial charge is 0.291 e. The van der Waals surface area contributed by atoms with Crippen LogP contribution in [0.3, 0.4) is 0 Å². The maximum absolute atomic E-state index is 12.6. The van der Waals surface area contributed by atoms with E-state index in [1.807, 2.05) is 36.0 Å². The van der Waals surface area contributed by atoms with Crippen LogP contribution in [-0.2, 0) is 13.6 Å². The summed E-state index contributed by atoms with van der Waals surface area (Å²) in [5, 5.41) is 0.606. The third-order valence-corrected chi connectivity index (χ3v) is 5.30. The van der Waals surface area contributed by atoms with E-state index in [9.17, 15) is 4.79 Å². The molecule has 4 aromatic rings. The zero-order valence-corrected chi connectivity index (χ0v) is 16.8. The molecule has 0 radical (unpaired) electrons. The molecule has 0 unspecified atom stereocenters. The van der Waals surface area contributed by atoms with Gasteiger partial charge in [-0.2, -0.15) is 0 Å². The summed E-state index contributed by atoms with van der Waals surface area (Å²) < 4.78 is 3.67. The van der Waals surface area contributed by atoms with Crippen LogP contribution in [0.5, 0.6) is 0 Å². The first kappa shape index (κ1) is 19.0. The van der Waals surface area contributed by atoms with E-state index in [2.05, 4.69) is 36.4 Å². The fourth-order valence-corrected chi connectivity index (χ4v) is 3.48. The molecule has 0 aliphatic rings. The molecule has 2 N–H and O–H groups in total. The molecule has 0 aliphatic carbocycles. The lowest BCUT2D eigenvalue weighted by atomic mass is 10.0. The summed E-state index contributed by atoms with van der Waals surface area (Å²) in [5.74, 6) is 0.504. The molecular weight excluding hydrogens is 382 g/mol. The molecule has 3 aromatic carbocycles. The summed E-state index contributed by atoms with van der Waals surface area (Å²) in [5.41, 5.74) is 11.2. The van der Waals surface area contributed by atoms with E-state index in [4.69, 9.17) is 17.3 Å². The Morgan fingerprint density at radius 1 is 0.897 bits per heavy atom. The molecule has 0 atom stereocenters. The lowest BCUT2D eigenvalue weighted by molar-refractivity contribution is -0.667. The Morgan fingerprint density at radius 2 is 1.48 bits per heavy atom. The fraction of sp³-hybridized carbons (Fsp3) is 0.0833. The number of aromatic nitrogens is 2. The Labute approximate surface area is 174 Å². The van der Waals surface area contributed by atoms with Crippen molar-refractivity contribution >= 4 is 23.3 Å². The van der Waals surface area contributed by atoms with E-state index < -0.39 is 0 Å². The van der Waals surface area contributed by atoms with Crippen molar-refractivity contribution in [2.45, 2.75) is 6.54 Å². The number of rotatable bonds is 5. The highest BCUT2D eigenvalue weighted by Crippen LogP contribution is 2.25. The highest BCUT2D eigenvalue weighted by atomic mass is 35.5. The van der Waals surface area contributed by atoms with Gasteiger partial charge in [0.15, 0.2) is 5.78 Å². The second kappa shape index (κ2) is 7.94. The van der Waals surface area contributed by atoms with E-state index in [0.717, 1.165) is 16.8 Å². The number of nitrogens with zero attached hydrogens (tertiary/aromatic N) is 2. The number of halogens is 1. The van der Waals surface area contributed by atoms with Crippen LogP contribution in [0.2, 0.25) is 5.02 Å². The van der Waals surface area contributed by atoms with Crippen LogP contribution in [-0.4, -0.2) is 10.4 Å². The van der Waals surface area contributed by atoms with Crippen LogP contribution in [0.1, 0.15) is 10.4 Å². The van der Waals surface area contributed by atoms with Crippen molar-refractivity contribution in [2.75, 3.05) is 5.73 Å². The Hall–Kier alpha value is -3.37. The lowest BCUT2D eigenvalue weighted by Crippen LogP contribution is -2.39. The molecule has 144 valence electrons. The monoisotopic (exact) mass is 402 g/mol. The van der Waals surface area contributed by atoms with Crippen LogP contribution in [0.25, 0.3) is 22.4 Å². The number of ketones is 1. The summed E-state index contributed by atoms with van der Waals surface area (Å²) in [7, 11) is 1.90. The second-order valence-electron chi connectivity index (χ2n) is 6.93. The van der Waals surface area contributed by atoms with Crippen molar-refractivity contribution < 1.29 is 9.36 Å². The molecular formula is C24H21ClN3O+. The summed E-state index contributed by atoms with van der Waals surface area (Å²) in [6.45, 7) is 0.170. The van der Waals surface area contributed by atoms with Crippen molar-refractivity contribution in [3.05, 3.63) is 95.6 Å². The maximum atomic E-state index is 12.6. The van der Waals surface area contributed by atoms with Gasteiger partial charge in [-0.05, 0) is 35.4 Å². The van der Waals surface area contributed by atoms with E-state index >= 15 is 0 Å². The van der Waals surface area contributed by atoms with Gasteiger partial charge in [0.2, 0.25) is 0 Å². The van der Waals surface area contributed by atoms with Gasteiger partial charge in [-0.1, -0.05) is 66.2 Å². The quantitative estimate of drug-likeness (QED) is 0.386. The fourth-order valence-electron chi connectivity index (χ4n) is 3.36. The van der Waals surface area contributed by atoms with Gasteiger partial charge in [0.05, 0.1) is 7.05 Å². The van der Waals surface area contributed by atoms with Gasteiger partial charge in [0.1, 0.15) is 18.4 Å². The maximum Gasteiger partial charge on any atom is 0.355 e. The summed E-state index contributed by atoms with van der Waals surface area (Å²) in [6, 6.07) is 25.5. The van der Waals surface area contributed by atoms with Crippen LogP contribution >= 0.6 is 11.6 Å². The number of nitrogens with two attached hydrogens (primary N) is 1. The zero-order chi connectivity index (χ0) is 20.4. The van der Waals surface area contributed by atoms with Gasteiger partial charge in [-0.15, -0.1) is 0 Å². The second-order valence-corrected chi connectivity index (χ2v) is 7.37. The molecule has 4 rings (SSSR count). The Kier molecular flexibility index (Phi) is 5.19. The van der Waals surface area contributed by atoms with Crippen molar-refractivity contribution in [2.24, 2.45) is 7.05 Å². The predicted octanol–water partition coefficient (Wildman–Crippen LogP) is 4.77. The first-order valence-electron chi connectivity index (χ1n) is 9.32. The Morgan fingerprint density at radius 3 is 2.14 bits per heavy atom. The number of nitrogen functional groups attached to an aromatic ring is 1. The summed E-state index contributed by atoms with van der Waals surface area (Å²) in [6.07, 6.45) is 1.92. The highest BCUT2D eigenvalue weighted by molar-refractivity contribution is 6.30. The Balaban J connectivity index is 1.59. The minimum absolute atomic E-state index is 0.0186. The van der Waals surface area contributed by atoms with Crippen LogP contribution in [0.15, 0.2) is 85.1 Å². The molecule has 1 heterocycles. The molecule has 1 aromatic heterocycles. The minimum atomic E-state index is -0.0186. The topological polar surface area (TPSA) is 51.9 Å². The first-order valence-corrected chi connectivity index (χ1v) is 9.70. The SMILES string of the molecule is Cn1c(-c2ccc(-c3ccccc3)cc2)c[n+](CC(=O)c2ccc(Cl)cc2)c1N. The minimum Gasteiger partial charge on any atom is -0.291 e. The van der Waals surface area contributed by atoms with Crippen molar-refractivity contribution in [3.8, 4) is 22.4 Å². The van der Waals surface area contributed by atoms with Crippen molar-refractivity contribution in [1.29, 1.82) is 0 Å². The van der Waals surface area contributed by atoms with E-state index in [-0.39, 0.29) is 12.3 Å². The Bertz CT molecular complexity index is 1150. The standard InChI is InChI=1S/C24H20ClN3O/c1-27-22(19-9-7-18(8-10-19)17-5-3-2-4-6-17)15-28(24(27)26)16-23(29)20-11-13-21(25)14-12-20/h2-15,26H,16H2,1H3/p+1. The van der Waals surface area contributed by atoms with Crippen molar-refractivity contribution in [3.63, 3.8) is 0 Å². The third-order valence-electron chi connectivity index (χ3n) is 5.05. The average Bonchev–Trinajstić information content (AvgIpc) is 3.03. The largest absolute Gasteiger partial charge is 0.355 e. The summed E-state index contributed by atoms with van der Waals surface area (Å²) in [4.78, 5) is 12.6. The highest BCUT2D eigenvalue weighted by Gasteiger charge is 2.20. The van der Waals surface area contributed by atoms with E-state index in [1.165, 1.54) is 5.56 Å². The van der Waals surface area contributed by atoms with Crippen LogP contribution < -0.4 is 10.3 Å². The van der Waals surface area contributed by atoms with Crippen LogP contribution in [0, 0.1) is 0 Å². The normalized spacial score (nSPS) is 10.8. The van der Waals surface area contributed by atoms with E-state index in [0.29, 0.717) is 16.5 Å². The third kappa shape index (κ3) is 3.93. The number of carbonyl (C=O) groups is 1. The lowest BCUT2D eigenvalue weighted by Gasteiger charge is -2.03. The number of hydrogen-bond acceptors (Lipinski definition) is 2. The van der Waals surface area contributed by atoms with Gasteiger partial charge in [-0.25, -0.2) is 9.13 Å². The number of anilines is 1. The number of Topliss-reactive ketones (excluding diaryl/α,β-unsaturated/α-hetero) is 1. The average molecular weight is 403 g/mol. The summed E-state index contributed by atoms with van der Waals surface area (Å²) >= 11 is 5.90. The van der Waals surface area contributed by atoms with Crippen molar-refractivity contribution in [1.82, 2.24) is 4.57 Å². The zero-order valence-electron chi connectivity index (χ0n) is 16.0. The van der Waals surface area contributed by atoms with Crippen LogP contribution in [0.4, 0.5) is 5.95 Å². The first-order chi connectivity index (χ1) is 14.0. The molecule has 0 saturated carbocycles. The molecule has 0 saturated heterocycles. The number of imidazole rings is 1. The number of carbonyl (C=O) groups excluding carboxylic acids is 1. The van der Waals surface area contributed by atoms with Gasteiger partial charge in [0.25, 0.3) is 0 Å². The predicted molar refractivity (Wildman–Crippen MR) is 117 cm³/mol. The molecule has 0 fully saturated rings. The van der Waals surface area contributed by atoms with Gasteiger partial charge >= 0.3 is 5.95 Å². The molecule has 5 heteroatoms.